The number of carbonyl (C=O) groups excluding carboxylic acids is 2. The van der Waals surface area contributed by atoms with Crippen molar-refractivity contribution in [1.29, 1.82) is 0 Å². The number of carboxylic acids is 1. The Morgan fingerprint density at radius 2 is 2.00 bits per heavy atom. The molecular formula is C9H8N2O4. The molecule has 1 aromatic heterocycles. The normalized spacial score (nSPS) is 25.3. The summed E-state index contributed by atoms with van der Waals surface area (Å²) in [5.74, 6) is -2.70. The molecule has 0 radical (unpaired) electrons. The van der Waals surface area contributed by atoms with Gasteiger partial charge in [-0.15, -0.1) is 0 Å². The number of rotatable bonds is 2. The minimum atomic E-state index is -1.82. The molecule has 1 unspecified atom stereocenters. The van der Waals surface area contributed by atoms with Gasteiger partial charge in [-0.1, -0.05) is 0 Å². The largest absolute Gasteiger partial charge is 0.479 e. The number of carboxylic acid groups (broad SMARTS) is 1. The minimum Gasteiger partial charge on any atom is -0.479 e. The quantitative estimate of drug-likeness (QED) is 0.497. The highest BCUT2D eigenvalue weighted by molar-refractivity contribution is 6.17. The van der Waals surface area contributed by atoms with Gasteiger partial charge >= 0.3 is 5.97 Å². The molecule has 2 heterocycles. The molecule has 0 aliphatic carbocycles. The van der Waals surface area contributed by atoms with Crippen LogP contribution in [0.25, 0.3) is 0 Å². The molecule has 1 saturated heterocycles. The van der Waals surface area contributed by atoms with E-state index in [1.807, 2.05) is 5.32 Å². The Morgan fingerprint density at radius 3 is 2.40 bits per heavy atom. The van der Waals surface area contributed by atoms with Crippen LogP contribution in [0.2, 0.25) is 0 Å². The van der Waals surface area contributed by atoms with Crippen molar-refractivity contribution >= 4 is 17.8 Å². The predicted molar refractivity (Wildman–Crippen MR) is 47.8 cm³/mol. The molecule has 1 fully saturated rings. The van der Waals surface area contributed by atoms with Gasteiger partial charge < -0.3 is 9.67 Å². The van der Waals surface area contributed by atoms with Crippen LogP contribution in [0.1, 0.15) is 6.42 Å². The molecule has 0 bridgehead atoms. The lowest BCUT2D eigenvalue weighted by molar-refractivity contribution is -0.152. The molecule has 6 heteroatoms. The molecule has 2 N–H and O–H groups in total. The van der Waals surface area contributed by atoms with Crippen molar-refractivity contribution in [1.82, 2.24) is 9.88 Å². The van der Waals surface area contributed by atoms with Crippen molar-refractivity contribution in [3.05, 3.63) is 24.5 Å². The topological polar surface area (TPSA) is 88.4 Å². The first-order chi connectivity index (χ1) is 7.07. The summed E-state index contributed by atoms with van der Waals surface area (Å²) in [6, 6.07) is 3.20. The van der Waals surface area contributed by atoms with Gasteiger partial charge in [0.05, 0.1) is 6.42 Å². The van der Waals surface area contributed by atoms with Crippen LogP contribution >= 0.6 is 0 Å². The van der Waals surface area contributed by atoms with Gasteiger partial charge in [-0.2, -0.15) is 0 Å². The zero-order chi connectivity index (χ0) is 11.1. The molecule has 1 atom stereocenters. The van der Waals surface area contributed by atoms with E-state index in [1.165, 1.54) is 17.0 Å². The van der Waals surface area contributed by atoms with Crippen LogP contribution in [0.5, 0.6) is 0 Å². The van der Waals surface area contributed by atoms with Gasteiger partial charge in [-0.25, -0.2) is 4.79 Å². The zero-order valence-corrected chi connectivity index (χ0v) is 7.64. The highest BCUT2D eigenvalue weighted by Gasteiger charge is 2.54. The minimum absolute atomic E-state index is 0.365. The summed E-state index contributed by atoms with van der Waals surface area (Å²) in [4.78, 5) is 33.7. The summed E-state index contributed by atoms with van der Waals surface area (Å²) in [5, 5.41) is 11.1. The summed E-state index contributed by atoms with van der Waals surface area (Å²) >= 11 is 0. The van der Waals surface area contributed by atoms with Crippen LogP contribution in [0, 0.1) is 0 Å². The van der Waals surface area contributed by atoms with E-state index in [0.29, 0.717) is 0 Å². The van der Waals surface area contributed by atoms with Crippen molar-refractivity contribution in [2.24, 2.45) is 0 Å². The average molecular weight is 208 g/mol. The van der Waals surface area contributed by atoms with Gasteiger partial charge in [0.2, 0.25) is 11.4 Å². The second-order valence-electron chi connectivity index (χ2n) is 3.31. The summed E-state index contributed by atoms with van der Waals surface area (Å²) in [6.45, 7) is 0. The van der Waals surface area contributed by atoms with Crippen molar-refractivity contribution in [2.45, 2.75) is 12.0 Å². The molecule has 0 aromatic carbocycles. The first kappa shape index (κ1) is 9.45. The van der Waals surface area contributed by atoms with Crippen molar-refractivity contribution in [3.63, 3.8) is 0 Å². The van der Waals surface area contributed by atoms with Crippen LogP contribution in [-0.2, 0) is 19.9 Å². The fraction of sp³-hybridized carbons (Fsp3) is 0.222. The first-order valence-electron chi connectivity index (χ1n) is 4.28. The third-order valence-corrected chi connectivity index (χ3v) is 2.44. The van der Waals surface area contributed by atoms with Crippen molar-refractivity contribution in [2.75, 3.05) is 0 Å². The number of aromatic nitrogens is 1. The summed E-state index contributed by atoms with van der Waals surface area (Å²) in [5.41, 5.74) is -1.82. The first-order valence-corrected chi connectivity index (χ1v) is 4.28. The number of hydrogen-bond acceptors (Lipinski definition) is 3. The van der Waals surface area contributed by atoms with Crippen LogP contribution in [-0.4, -0.2) is 27.5 Å². The third kappa shape index (κ3) is 1.14. The molecule has 78 valence electrons. The number of nitrogens with one attached hydrogen (secondary N) is 1. The van der Waals surface area contributed by atoms with E-state index in [-0.39, 0.29) is 6.42 Å². The maximum Gasteiger partial charge on any atom is 0.340 e. The van der Waals surface area contributed by atoms with Gasteiger partial charge in [0.25, 0.3) is 5.91 Å². The lowest BCUT2D eigenvalue weighted by atomic mass is 9.97. The lowest BCUT2D eigenvalue weighted by Gasteiger charge is -2.21. The number of imide groups is 1. The SMILES string of the molecule is O=C1CC(C(=O)O)(n2cccc2)C(=O)N1. The summed E-state index contributed by atoms with van der Waals surface area (Å²) in [6.07, 6.45) is 2.54. The smallest absolute Gasteiger partial charge is 0.340 e. The highest BCUT2D eigenvalue weighted by atomic mass is 16.4. The van der Waals surface area contributed by atoms with Gasteiger partial charge in [-0.3, -0.25) is 14.9 Å². The third-order valence-electron chi connectivity index (χ3n) is 2.44. The van der Waals surface area contributed by atoms with Crippen LogP contribution in [0.4, 0.5) is 0 Å². The Kier molecular flexibility index (Phi) is 1.85. The molecule has 6 nitrogen and oxygen atoms in total. The molecule has 1 aliphatic heterocycles. The van der Waals surface area contributed by atoms with Gasteiger partial charge in [0.15, 0.2) is 0 Å². The van der Waals surface area contributed by atoms with Gasteiger partial charge in [0.1, 0.15) is 0 Å². The van der Waals surface area contributed by atoms with Crippen molar-refractivity contribution in [3.8, 4) is 0 Å². The Balaban J connectivity index is 2.56. The highest BCUT2D eigenvalue weighted by Crippen LogP contribution is 2.26. The maximum atomic E-state index is 11.5. The second-order valence-corrected chi connectivity index (χ2v) is 3.31. The van der Waals surface area contributed by atoms with Crippen LogP contribution in [0.15, 0.2) is 24.5 Å². The van der Waals surface area contributed by atoms with Crippen LogP contribution < -0.4 is 5.32 Å². The van der Waals surface area contributed by atoms with E-state index in [0.717, 1.165) is 0 Å². The second kappa shape index (κ2) is 2.94. The van der Waals surface area contributed by atoms with E-state index >= 15 is 0 Å². The Bertz CT molecular complexity index is 437. The van der Waals surface area contributed by atoms with E-state index in [9.17, 15) is 14.4 Å². The van der Waals surface area contributed by atoms with Gasteiger partial charge in [0, 0.05) is 12.4 Å². The summed E-state index contributed by atoms with van der Waals surface area (Å²) < 4.78 is 1.23. The Hall–Kier alpha value is -2.11. The molecule has 0 spiro atoms. The molecule has 0 saturated carbocycles. The lowest BCUT2D eigenvalue weighted by Crippen LogP contribution is -2.47. The number of hydrogen-bond donors (Lipinski definition) is 2. The number of nitrogens with zero attached hydrogens (tertiary/aromatic N) is 1. The number of carbonyl (C=O) groups is 3. The molecule has 1 aliphatic rings. The standard InChI is InChI=1S/C9H8N2O4/c12-6-5-9(8(14)15,7(13)10-6)11-3-1-2-4-11/h1-4H,5H2,(H,14,15)(H,10,12,13). The molecule has 1 aromatic rings. The van der Waals surface area contributed by atoms with E-state index in [2.05, 4.69) is 0 Å². The van der Waals surface area contributed by atoms with E-state index in [1.54, 1.807) is 12.1 Å². The van der Waals surface area contributed by atoms with E-state index in [4.69, 9.17) is 5.11 Å². The Morgan fingerprint density at radius 1 is 1.40 bits per heavy atom. The van der Waals surface area contributed by atoms with E-state index < -0.39 is 23.3 Å². The molecular weight excluding hydrogens is 200 g/mol. The van der Waals surface area contributed by atoms with Crippen LogP contribution in [0.3, 0.4) is 0 Å². The fourth-order valence-electron chi connectivity index (χ4n) is 1.67. The van der Waals surface area contributed by atoms with Gasteiger partial charge in [-0.05, 0) is 12.1 Å². The van der Waals surface area contributed by atoms with Crippen molar-refractivity contribution < 1.29 is 19.5 Å². The molecule has 2 amide bonds. The predicted octanol–water partition coefficient (Wildman–Crippen LogP) is -0.686. The average Bonchev–Trinajstić information content (AvgIpc) is 2.72. The Labute approximate surface area is 84.5 Å². The maximum absolute atomic E-state index is 11.5. The molecule has 15 heavy (non-hydrogen) atoms. The fourth-order valence-corrected chi connectivity index (χ4v) is 1.67. The number of amides is 2. The molecule has 2 rings (SSSR count). The summed E-state index contributed by atoms with van der Waals surface area (Å²) in [7, 11) is 0. The zero-order valence-electron chi connectivity index (χ0n) is 7.64. The monoisotopic (exact) mass is 208 g/mol. The number of aliphatic carboxylic acids is 1.